The molecule has 0 unspecified atom stereocenters. The number of allylic oxidation sites excluding steroid dienone is 1. The maximum Gasteiger partial charge on any atom is 0.330 e. The van der Waals surface area contributed by atoms with Crippen LogP contribution in [0, 0.1) is 0 Å². The normalized spacial score (nSPS) is 12.8. The topological polar surface area (TPSA) is 80.7 Å². The third kappa shape index (κ3) is 7.97. The molecule has 0 rings (SSSR count). The molecule has 0 radical (unpaired) electrons. The van der Waals surface area contributed by atoms with Crippen molar-refractivity contribution < 1.29 is 27.0 Å². The molecule has 0 saturated heterocycles. The summed E-state index contributed by atoms with van der Waals surface area (Å²) in [4.78, 5) is 11.2. The summed E-state index contributed by atoms with van der Waals surface area (Å²) < 4.78 is 36.0. The quantitative estimate of drug-likeness (QED) is 0.295. The molecule has 0 aliphatic heterocycles. The molecule has 0 atom stereocenters. The minimum atomic E-state index is -3.96. The Morgan fingerprint density at radius 2 is 1.84 bits per heavy atom. The summed E-state index contributed by atoms with van der Waals surface area (Å²) >= 11 is 0. The lowest BCUT2D eigenvalue weighted by atomic mass is 10.3. The van der Waals surface area contributed by atoms with Gasteiger partial charge in [-0.15, -0.1) is 0 Å². The van der Waals surface area contributed by atoms with Gasteiger partial charge >= 0.3 is 5.97 Å². The Hall–Kier alpha value is -0.920. The van der Waals surface area contributed by atoms with Crippen LogP contribution in [-0.4, -0.2) is 62.0 Å². The van der Waals surface area contributed by atoms with Gasteiger partial charge < -0.3 is 9.22 Å². The molecule has 19 heavy (non-hydrogen) atoms. The highest BCUT2D eigenvalue weighted by Gasteiger charge is 2.25. The Morgan fingerprint density at radius 3 is 2.26 bits per heavy atom. The van der Waals surface area contributed by atoms with Crippen LogP contribution < -0.4 is 0 Å². The van der Waals surface area contributed by atoms with E-state index in [1.165, 1.54) is 6.08 Å². The first-order valence-electron chi connectivity index (χ1n) is 6.38. The van der Waals surface area contributed by atoms with Gasteiger partial charge in [0.1, 0.15) is 18.9 Å². The minimum absolute atomic E-state index is 0.232. The van der Waals surface area contributed by atoms with Gasteiger partial charge in [-0.2, -0.15) is 8.42 Å². The Balaban J connectivity index is 4.42. The van der Waals surface area contributed by atoms with Gasteiger partial charge in [0.05, 0.1) is 19.6 Å². The van der Waals surface area contributed by atoms with E-state index in [1.807, 2.05) is 13.8 Å². The van der Waals surface area contributed by atoms with Crippen molar-refractivity contribution in [2.45, 2.75) is 20.8 Å². The molecule has 112 valence electrons. The van der Waals surface area contributed by atoms with Gasteiger partial charge in [0.2, 0.25) is 0 Å². The molecule has 1 N–H and O–H groups in total. The first-order valence-corrected chi connectivity index (χ1v) is 7.99. The standard InChI is InChI=1S/C12H23NO5S/c1-4-7-12(14)18-10-8-13(5-2,6-3)9-11-19(15,16)17/h4,7H,5-6,8-11H2,1-3H3/p+1. The van der Waals surface area contributed by atoms with Gasteiger partial charge in [0, 0.05) is 6.08 Å². The number of nitrogens with zero attached hydrogens (tertiary/aromatic N) is 1. The molecule has 7 heteroatoms. The summed E-state index contributed by atoms with van der Waals surface area (Å²) in [7, 11) is -3.96. The smallest absolute Gasteiger partial charge is 0.330 e. The Morgan fingerprint density at radius 1 is 1.26 bits per heavy atom. The lowest BCUT2D eigenvalue weighted by Crippen LogP contribution is -2.52. The maximum absolute atomic E-state index is 11.2. The van der Waals surface area contributed by atoms with E-state index >= 15 is 0 Å². The van der Waals surface area contributed by atoms with Crippen LogP contribution in [0.5, 0.6) is 0 Å². The summed E-state index contributed by atoms with van der Waals surface area (Å²) in [5, 5.41) is 0. The van der Waals surface area contributed by atoms with Crippen LogP contribution in [0.3, 0.4) is 0 Å². The van der Waals surface area contributed by atoms with Gasteiger partial charge in [-0.1, -0.05) is 6.08 Å². The summed E-state index contributed by atoms with van der Waals surface area (Å²) in [6, 6.07) is 0. The van der Waals surface area contributed by atoms with Gasteiger partial charge in [-0.3, -0.25) is 4.55 Å². The average Bonchev–Trinajstić information content (AvgIpc) is 2.33. The number of carbonyl (C=O) groups is 1. The van der Waals surface area contributed by atoms with Gasteiger partial charge in [-0.25, -0.2) is 4.79 Å². The monoisotopic (exact) mass is 294 g/mol. The van der Waals surface area contributed by atoms with Crippen LogP contribution in [0.2, 0.25) is 0 Å². The van der Waals surface area contributed by atoms with Crippen molar-refractivity contribution in [2.75, 3.05) is 38.5 Å². The van der Waals surface area contributed by atoms with Gasteiger partial charge in [-0.05, 0) is 20.8 Å². The van der Waals surface area contributed by atoms with E-state index < -0.39 is 16.1 Å². The molecular weight excluding hydrogens is 270 g/mol. The second-order valence-corrected chi connectivity index (χ2v) is 5.95. The number of likely N-dealkylation sites (N-methyl/N-ethyl adjacent to an activating group) is 1. The van der Waals surface area contributed by atoms with Crippen molar-refractivity contribution in [3.8, 4) is 0 Å². The molecule has 0 saturated carbocycles. The van der Waals surface area contributed by atoms with E-state index in [1.54, 1.807) is 13.0 Å². The number of hydrogen-bond donors (Lipinski definition) is 1. The lowest BCUT2D eigenvalue weighted by Gasteiger charge is -2.36. The fourth-order valence-corrected chi connectivity index (χ4v) is 2.42. The molecule has 0 fully saturated rings. The van der Waals surface area contributed by atoms with Crippen LogP contribution in [0.1, 0.15) is 20.8 Å². The SMILES string of the molecule is CC=CC(=O)OCC[N+](CC)(CC)CCS(=O)(=O)O. The van der Waals surface area contributed by atoms with Crippen LogP contribution >= 0.6 is 0 Å². The maximum atomic E-state index is 11.2. The molecule has 0 spiro atoms. The van der Waals surface area contributed by atoms with E-state index in [0.717, 1.165) is 0 Å². The molecule has 0 bridgehead atoms. The third-order valence-corrected chi connectivity index (χ3v) is 3.98. The first-order chi connectivity index (χ1) is 8.78. The van der Waals surface area contributed by atoms with E-state index in [-0.39, 0.29) is 12.4 Å². The Bertz CT molecular complexity index is 398. The molecule has 0 amide bonds. The average molecular weight is 294 g/mol. The number of esters is 1. The Kier molecular flexibility index (Phi) is 7.89. The zero-order chi connectivity index (χ0) is 14.9. The van der Waals surface area contributed by atoms with E-state index in [4.69, 9.17) is 9.29 Å². The van der Waals surface area contributed by atoms with Crippen LogP contribution in [-0.2, 0) is 19.6 Å². The van der Waals surface area contributed by atoms with Gasteiger partial charge in [0.15, 0.2) is 0 Å². The van der Waals surface area contributed by atoms with Crippen molar-refractivity contribution in [1.29, 1.82) is 0 Å². The number of hydrogen-bond acceptors (Lipinski definition) is 4. The highest BCUT2D eigenvalue weighted by Crippen LogP contribution is 2.07. The molecule has 0 aromatic rings. The minimum Gasteiger partial charge on any atom is -0.457 e. The number of carbonyl (C=O) groups excluding carboxylic acids is 1. The lowest BCUT2D eigenvalue weighted by molar-refractivity contribution is -0.922. The molecule has 0 aliphatic rings. The van der Waals surface area contributed by atoms with Crippen LogP contribution in [0.15, 0.2) is 12.2 Å². The molecule has 0 aromatic carbocycles. The predicted octanol–water partition coefficient (Wildman–Crippen LogP) is 0.850. The third-order valence-electron chi connectivity index (χ3n) is 3.28. The van der Waals surface area contributed by atoms with Crippen LogP contribution in [0.4, 0.5) is 0 Å². The van der Waals surface area contributed by atoms with E-state index in [0.29, 0.717) is 30.7 Å². The van der Waals surface area contributed by atoms with Gasteiger partial charge in [0.25, 0.3) is 10.1 Å². The van der Waals surface area contributed by atoms with Crippen molar-refractivity contribution in [2.24, 2.45) is 0 Å². The second kappa shape index (κ2) is 8.29. The number of quaternary nitrogens is 1. The molecular formula is C12H24NO5S+. The van der Waals surface area contributed by atoms with Crippen LogP contribution in [0.25, 0.3) is 0 Å². The summed E-state index contributed by atoms with van der Waals surface area (Å²) in [5.74, 6) is -0.681. The highest BCUT2D eigenvalue weighted by molar-refractivity contribution is 7.85. The van der Waals surface area contributed by atoms with Crippen molar-refractivity contribution in [3.63, 3.8) is 0 Å². The molecule has 6 nitrogen and oxygen atoms in total. The fraction of sp³-hybridized carbons (Fsp3) is 0.750. The predicted molar refractivity (Wildman–Crippen MR) is 73.3 cm³/mol. The fourth-order valence-electron chi connectivity index (χ4n) is 1.80. The van der Waals surface area contributed by atoms with E-state index in [2.05, 4.69) is 0 Å². The summed E-state index contributed by atoms with van der Waals surface area (Å²) in [6.45, 7) is 8.13. The van der Waals surface area contributed by atoms with Crippen molar-refractivity contribution in [3.05, 3.63) is 12.2 Å². The molecule has 0 aromatic heterocycles. The van der Waals surface area contributed by atoms with Crippen molar-refractivity contribution >= 4 is 16.1 Å². The van der Waals surface area contributed by atoms with Crippen molar-refractivity contribution in [1.82, 2.24) is 0 Å². The second-order valence-electron chi connectivity index (χ2n) is 4.37. The highest BCUT2D eigenvalue weighted by atomic mass is 32.2. The molecule has 0 heterocycles. The Labute approximate surface area is 115 Å². The summed E-state index contributed by atoms with van der Waals surface area (Å²) in [5.41, 5.74) is 0. The zero-order valence-corrected chi connectivity index (χ0v) is 12.6. The molecule has 0 aliphatic carbocycles. The zero-order valence-electron chi connectivity index (χ0n) is 11.8. The van der Waals surface area contributed by atoms with E-state index in [9.17, 15) is 13.2 Å². The first kappa shape index (κ1) is 18.1. The largest absolute Gasteiger partial charge is 0.457 e. The number of rotatable bonds is 9. The summed E-state index contributed by atoms with van der Waals surface area (Å²) in [6.07, 6.45) is 2.94. The number of ether oxygens (including phenoxy) is 1.